The molecule has 0 aromatic heterocycles. The first-order chi connectivity index (χ1) is 24.7. The quantitative estimate of drug-likeness (QED) is 0.252. The van der Waals surface area contributed by atoms with E-state index in [0.29, 0.717) is 36.8 Å². The number of hydrogen-bond donors (Lipinski definition) is 1. The van der Waals surface area contributed by atoms with Gasteiger partial charge in [0.05, 0.1) is 14.6 Å². The summed E-state index contributed by atoms with van der Waals surface area (Å²) < 4.78 is 115. The SMILES string of the molecule is Cc1ccc(S(=O)(=O)N=[S@](C)(=O)c2ccc(-c3ccc([C@H]4C[C@@]5(C)C(CC[C@@]5(O)C(F)(F)C(F)(F)F)C5CCC6=CC(=O)CCC6=C54)cc3)cc2)cc1. The van der Waals surface area contributed by atoms with Crippen LogP contribution < -0.4 is 0 Å². The minimum atomic E-state index is -5.92. The Morgan fingerprint density at radius 1 is 0.811 bits per heavy atom. The smallest absolute Gasteiger partial charge is 0.383 e. The molecule has 4 aliphatic rings. The third-order valence-electron chi connectivity index (χ3n) is 12.3. The topological polar surface area (TPSA) is 101 Å². The molecule has 6 nitrogen and oxygen atoms in total. The standard InChI is InChI=1S/C40H40F5NO5S2/c1-24-4-14-31(15-5-24)53(50,51)46-52(3,49)30-16-10-26(11-17-30)25-6-8-27(9-7-25)34-23-37(2)35(20-21-38(37,48)39(41,42)40(43,44)45)33-18-12-28-22-29(47)13-19-32(28)36(33)34/h4-11,14-17,22,33-35,48H,12-13,18-21,23H2,1-3H3/t33?,34-,35?,37+,38+,52-/m1/s1. The Morgan fingerprint density at radius 2 is 1.40 bits per heavy atom. The van der Waals surface area contributed by atoms with E-state index in [1.165, 1.54) is 25.3 Å². The van der Waals surface area contributed by atoms with Crippen LogP contribution in [0.5, 0.6) is 0 Å². The van der Waals surface area contributed by atoms with Crippen molar-refractivity contribution in [3.8, 4) is 11.1 Å². The van der Waals surface area contributed by atoms with Crippen LogP contribution >= 0.6 is 0 Å². The second-order valence-electron chi connectivity index (χ2n) is 15.3. The van der Waals surface area contributed by atoms with Crippen molar-refractivity contribution < 1.29 is 44.5 Å². The van der Waals surface area contributed by atoms with Gasteiger partial charge in [-0.3, -0.25) is 4.79 Å². The van der Waals surface area contributed by atoms with Crippen LogP contribution in [0.25, 0.3) is 11.1 Å². The van der Waals surface area contributed by atoms with Gasteiger partial charge in [0.2, 0.25) is 0 Å². The Kier molecular flexibility index (Phi) is 9.01. The lowest BCUT2D eigenvalue weighted by atomic mass is 9.50. The van der Waals surface area contributed by atoms with E-state index in [1.54, 1.807) is 42.5 Å². The first-order valence-corrected chi connectivity index (χ1v) is 20.9. The summed E-state index contributed by atoms with van der Waals surface area (Å²) in [5, 5.41) is 11.5. The zero-order chi connectivity index (χ0) is 38.4. The molecule has 4 aliphatic carbocycles. The Bertz CT molecular complexity index is 2270. The first kappa shape index (κ1) is 37.6. The number of nitrogens with zero attached hydrogens (tertiary/aromatic N) is 1. The maximum atomic E-state index is 15.3. The number of allylic oxidation sites excluding steroid dienone is 4. The molecule has 13 heteroatoms. The molecule has 0 radical (unpaired) electrons. The predicted molar refractivity (Wildman–Crippen MR) is 191 cm³/mol. The van der Waals surface area contributed by atoms with Crippen molar-refractivity contribution in [2.75, 3.05) is 6.26 Å². The minimum Gasteiger partial charge on any atom is -0.383 e. The maximum Gasteiger partial charge on any atom is 0.456 e. The number of ketones is 1. The van der Waals surface area contributed by atoms with Gasteiger partial charge in [0.15, 0.2) is 5.78 Å². The fourth-order valence-corrected chi connectivity index (χ4v) is 12.8. The average molecular weight is 774 g/mol. The Hall–Kier alpha value is -3.68. The van der Waals surface area contributed by atoms with Crippen molar-refractivity contribution in [2.45, 2.75) is 92.2 Å². The third kappa shape index (κ3) is 6.10. The molecule has 3 aromatic carbocycles. The lowest BCUT2D eigenvalue weighted by molar-refractivity contribution is -0.362. The number of carbonyl (C=O) groups is 1. The molecule has 6 atom stereocenters. The van der Waals surface area contributed by atoms with E-state index in [9.17, 15) is 35.7 Å². The van der Waals surface area contributed by atoms with Gasteiger partial charge in [-0.15, -0.1) is 3.77 Å². The van der Waals surface area contributed by atoms with Gasteiger partial charge in [-0.1, -0.05) is 66.6 Å². The van der Waals surface area contributed by atoms with Gasteiger partial charge in [0.1, 0.15) is 5.60 Å². The molecule has 7 rings (SSSR count). The number of benzene rings is 3. The largest absolute Gasteiger partial charge is 0.456 e. The van der Waals surface area contributed by atoms with E-state index in [-0.39, 0.29) is 34.3 Å². The van der Waals surface area contributed by atoms with E-state index in [2.05, 4.69) is 3.77 Å². The Balaban J connectivity index is 1.24. The molecule has 0 amide bonds. The maximum absolute atomic E-state index is 15.3. The van der Waals surface area contributed by atoms with E-state index in [4.69, 9.17) is 0 Å². The number of sulfonamides is 1. The minimum absolute atomic E-state index is 0.0101. The predicted octanol–water partition coefficient (Wildman–Crippen LogP) is 9.34. The van der Waals surface area contributed by atoms with Crippen molar-refractivity contribution in [1.82, 2.24) is 0 Å². The molecule has 2 fully saturated rings. The number of alkyl halides is 5. The summed E-state index contributed by atoms with van der Waals surface area (Å²) in [4.78, 5) is 12.5. The number of rotatable bonds is 6. The molecular weight excluding hydrogens is 734 g/mol. The number of aliphatic hydroxyl groups is 1. The van der Waals surface area contributed by atoms with Gasteiger partial charge in [0, 0.05) is 28.9 Å². The van der Waals surface area contributed by atoms with Crippen LogP contribution in [-0.4, -0.2) is 47.5 Å². The van der Waals surface area contributed by atoms with Crippen LogP contribution in [-0.2, 0) is 24.5 Å². The second-order valence-corrected chi connectivity index (χ2v) is 19.4. The molecule has 2 unspecified atom stereocenters. The molecule has 1 N–H and O–H groups in total. The number of fused-ring (bicyclic) bond motifs is 4. The fourth-order valence-electron chi connectivity index (χ4n) is 9.51. The number of aryl methyl sites for hydroxylation is 1. The van der Waals surface area contributed by atoms with Crippen molar-refractivity contribution in [1.29, 1.82) is 0 Å². The van der Waals surface area contributed by atoms with Crippen LogP contribution in [0, 0.1) is 24.2 Å². The fraction of sp³-hybridized carbons (Fsp3) is 0.425. The first-order valence-electron chi connectivity index (χ1n) is 17.6. The lowest BCUT2D eigenvalue weighted by Gasteiger charge is -2.56. The molecule has 3 aromatic rings. The van der Waals surface area contributed by atoms with Crippen molar-refractivity contribution in [2.24, 2.45) is 21.0 Å². The van der Waals surface area contributed by atoms with Gasteiger partial charge in [0.25, 0.3) is 10.0 Å². The third-order valence-corrected chi connectivity index (χ3v) is 16.2. The Labute approximate surface area is 306 Å². The molecular formula is C40H40F5NO5S2. The highest BCUT2D eigenvalue weighted by Crippen LogP contribution is 2.70. The van der Waals surface area contributed by atoms with Gasteiger partial charge >= 0.3 is 12.1 Å². The van der Waals surface area contributed by atoms with E-state index >= 15 is 8.78 Å². The van der Waals surface area contributed by atoms with E-state index in [1.807, 2.05) is 31.2 Å². The summed E-state index contributed by atoms with van der Waals surface area (Å²) >= 11 is 0. The lowest BCUT2D eigenvalue weighted by Crippen LogP contribution is -2.65. The second kappa shape index (κ2) is 12.7. The average Bonchev–Trinajstić information content (AvgIpc) is 3.38. The summed E-state index contributed by atoms with van der Waals surface area (Å²) in [7, 11) is -7.55. The van der Waals surface area contributed by atoms with Gasteiger partial charge < -0.3 is 5.11 Å². The van der Waals surface area contributed by atoms with Gasteiger partial charge in [-0.2, -0.15) is 30.4 Å². The highest BCUT2D eigenvalue weighted by Gasteiger charge is 2.79. The van der Waals surface area contributed by atoms with Crippen LogP contribution in [0.15, 0.2) is 109 Å². The molecule has 0 bridgehead atoms. The molecule has 0 spiro atoms. The molecule has 2 saturated carbocycles. The van der Waals surface area contributed by atoms with Crippen molar-refractivity contribution in [3.63, 3.8) is 0 Å². The van der Waals surface area contributed by atoms with Crippen molar-refractivity contribution >= 4 is 25.5 Å². The van der Waals surface area contributed by atoms with Gasteiger partial charge in [-0.05, 0) is 115 Å². The zero-order valence-corrected chi connectivity index (χ0v) is 31.1. The normalized spacial score (nSPS) is 28.7. The van der Waals surface area contributed by atoms with E-state index in [0.717, 1.165) is 27.8 Å². The van der Waals surface area contributed by atoms with E-state index < -0.39 is 61.1 Å². The van der Waals surface area contributed by atoms with Crippen LogP contribution in [0.4, 0.5) is 22.0 Å². The molecule has 0 heterocycles. The number of hydrogen-bond acceptors (Lipinski definition) is 5. The van der Waals surface area contributed by atoms with Crippen molar-refractivity contribution in [3.05, 3.63) is 107 Å². The summed E-state index contributed by atoms with van der Waals surface area (Å²) in [6.07, 6.45) is -2.00. The molecule has 282 valence electrons. The monoisotopic (exact) mass is 773 g/mol. The summed E-state index contributed by atoms with van der Waals surface area (Å²) in [6, 6.07) is 19.8. The number of halogens is 5. The summed E-state index contributed by atoms with van der Waals surface area (Å²) in [5.74, 6) is -6.79. The molecule has 53 heavy (non-hydrogen) atoms. The number of carbonyl (C=O) groups excluding carboxylic acids is 1. The summed E-state index contributed by atoms with van der Waals surface area (Å²) in [6.45, 7) is 3.21. The summed E-state index contributed by atoms with van der Waals surface area (Å²) in [5.41, 5.74) is 0.834. The zero-order valence-electron chi connectivity index (χ0n) is 29.4. The highest BCUT2D eigenvalue weighted by atomic mass is 32.3. The highest BCUT2D eigenvalue weighted by molar-refractivity contribution is 8.03. The van der Waals surface area contributed by atoms with Crippen LogP contribution in [0.3, 0.4) is 0 Å². The van der Waals surface area contributed by atoms with Crippen LogP contribution in [0.1, 0.15) is 68.9 Å². The molecule has 0 saturated heterocycles. The molecule has 0 aliphatic heterocycles. The van der Waals surface area contributed by atoms with Gasteiger partial charge in [-0.25, -0.2) is 4.21 Å². The Morgan fingerprint density at radius 3 is 2.00 bits per heavy atom. The van der Waals surface area contributed by atoms with Crippen LogP contribution in [0.2, 0.25) is 0 Å².